The lowest BCUT2D eigenvalue weighted by Gasteiger charge is -2.12. The zero-order valence-corrected chi connectivity index (χ0v) is 14.1. The Morgan fingerprint density at radius 2 is 1.59 bits per heavy atom. The van der Waals surface area contributed by atoms with Gasteiger partial charge in [0.1, 0.15) is 5.75 Å². The summed E-state index contributed by atoms with van der Waals surface area (Å²) in [7, 11) is 1.33. The lowest BCUT2D eigenvalue weighted by atomic mass is 10.1. The largest absolute Gasteiger partial charge is 0.465 e. The first-order valence-corrected chi connectivity index (χ1v) is 7.39. The van der Waals surface area contributed by atoms with Gasteiger partial charge in [-0.3, -0.25) is 0 Å². The van der Waals surface area contributed by atoms with E-state index in [0.717, 1.165) is 0 Å². The van der Waals surface area contributed by atoms with Crippen molar-refractivity contribution in [2.45, 2.75) is 13.8 Å². The number of carbonyl (C=O) groups is 2. The van der Waals surface area contributed by atoms with Crippen LogP contribution in [0.15, 0.2) is 40.9 Å². The van der Waals surface area contributed by atoms with Gasteiger partial charge in [-0.25, -0.2) is 9.59 Å². The Bertz CT molecular complexity index is 714. The second-order valence-corrected chi connectivity index (χ2v) is 5.65. The summed E-state index contributed by atoms with van der Waals surface area (Å²) >= 11 is 3.33. The molecular formula is C17H15BrO4. The molecule has 5 heteroatoms. The fourth-order valence-corrected chi connectivity index (χ4v) is 2.57. The average Bonchev–Trinajstić information content (AvgIpc) is 2.50. The van der Waals surface area contributed by atoms with Crippen LogP contribution in [0, 0.1) is 13.8 Å². The van der Waals surface area contributed by atoms with Gasteiger partial charge in [0.15, 0.2) is 0 Å². The van der Waals surface area contributed by atoms with Gasteiger partial charge in [-0.05, 0) is 65.2 Å². The van der Waals surface area contributed by atoms with Gasteiger partial charge < -0.3 is 9.47 Å². The van der Waals surface area contributed by atoms with Gasteiger partial charge >= 0.3 is 11.9 Å². The van der Waals surface area contributed by atoms with E-state index < -0.39 is 11.9 Å². The molecule has 0 unspecified atom stereocenters. The van der Waals surface area contributed by atoms with Gasteiger partial charge in [0, 0.05) is 4.47 Å². The van der Waals surface area contributed by atoms with Gasteiger partial charge in [0.2, 0.25) is 0 Å². The van der Waals surface area contributed by atoms with E-state index in [0.29, 0.717) is 32.5 Å². The van der Waals surface area contributed by atoms with Crippen molar-refractivity contribution in [1.82, 2.24) is 0 Å². The highest BCUT2D eigenvalue weighted by molar-refractivity contribution is 9.10. The Morgan fingerprint density at radius 1 is 1.00 bits per heavy atom. The molecule has 0 radical (unpaired) electrons. The molecule has 22 heavy (non-hydrogen) atoms. The summed E-state index contributed by atoms with van der Waals surface area (Å²) in [6.07, 6.45) is 0. The van der Waals surface area contributed by atoms with Crippen LogP contribution in [0.25, 0.3) is 0 Å². The second kappa shape index (κ2) is 6.75. The van der Waals surface area contributed by atoms with Crippen molar-refractivity contribution < 1.29 is 19.1 Å². The Morgan fingerprint density at radius 3 is 2.14 bits per heavy atom. The molecule has 2 aromatic rings. The first-order chi connectivity index (χ1) is 10.4. The summed E-state index contributed by atoms with van der Waals surface area (Å²) < 4.78 is 10.9. The average molecular weight is 363 g/mol. The number of hydrogen-bond acceptors (Lipinski definition) is 4. The lowest BCUT2D eigenvalue weighted by Crippen LogP contribution is -2.12. The van der Waals surface area contributed by atoms with Crippen molar-refractivity contribution in [3.63, 3.8) is 0 Å². The molecule has 0 aliphatic rings. The molecule has 0 N–H and O–H groups in total. The number of carbonyl (C=O) groups excluding carboxylic acids is 2. The number of halogens is 1. The number of aryl methyl sites for hydroxylation is 2. The first-order valence-electron chi connectivity index (χ1n) is 6.60. The molecule has 0 aliphatic carbocycles. The van der Waals surface area contributed by atoms with Crippen molar-refractivity contribution >= 4 is 27.9 Å². The minimum absolute atomic E-state index is 0.421. The highest BCUT2D eigenvalue weighted by Gasteiger charge is 2.17. The van der Waals surface area contributed by atoms with E-state index in [-0.39, 0.29) is 0 Å². The molecule has 0 saturated heterocycles. The van der Waals surface area contributed by atoms with Crippen molar-refractivity contribution in [3.8, 4) is 5.75 Å². The van der Waals surface area contributed by atoms with Crippen LogP contribution >= 0.6 is 15.9 Å². The number of benzene rings is 2. The third-order valence-electron chi connectivity index (χ3n) is 3.17. The van der Waals surface area contributed by atoms with Gasteiger partial charge in [-0.2, -0.15) is 0 Å². The number of hydrogen-bond donors (Lipinski definition) is 0. The van der Waals surface area contributed by atoms with E-state index in [1.807, 2.05) is 6.07 Å². The molecule has 0 aromatic heterocycles. The summed E-state index contributed by atoms with van der Waals surface area (Å²) in [4.78, 5) is 23.9. The van der Waals surface area contributed by atoms with Crippen LogP contribution in [0.1, 0.15) is 31.8 Å². The zero-order chi connectivity index (χ0) is 16.3. The molecule has 0 fully saturated rings. The summed E-state index contributed by atoms with van der Waals surface area (Å²) in [5.74, 6) is -0.423. The molecule has 0 spiro atoms. The van der Waals surface area contributed by atoms with E-state index in [1.165, 1.54) is 7.11 Å². The number of rotatable bonds is 3. The predicted octanol–water partition coefficient (Wildman–Crippen LogP) is 4.07. The van der Waals surface area contributed by atoms with E-state index >= 15 is 0 Å². The normalized spacial score (nSPS) is 10.2. The highest BCUT2D eigenvalue weighted by Crippen LogP contribution is 2.27. The fraction of sp³-hybridized carbons (Fsp3) is 0.176. The third-order valence-corrected chi connectivity index (χ3v) is 3.86. The monoisotopic (exact) mass is 362 g/mol. The van der Waals surface area contributed by atoms with Gasteiger partial charge in [0.25, 0.3) is 0 Å². The van der Waals surface area contributed by atoms with Crippen LogP contribution in [-0.4, -0.2) is 19.0 Å². The van der Waals surface area contributed by atoms with E-state index in [4.69, 9.17) is 9.47 Å². The maximum absolute atomic E-state index is 12.3. The van der Waals surface area contributed by atoms with Crippen LogP contribution < -0.4 is 4.74 Å². The standard InChI is InChI=1S/C17H15BrO4/c1-10-8-12(16(19)21-3)9-11(2)15(10)22-17(20)13-6-4-5-7-14(13)18/h4-9H,1-3H3. The zero-order valence-electron chi connectivity index (χ0n) is 12.5. The number of ether oxygens (including phenoxy) is 2. The molecule has 2 rings (SSSR count). The summed E-state index contributed by atoms with van der Waals surface area (Å²) in [5.41, 5.74) is 2.26. The molecule has 0 bridgehead atoms. The van der Waals surface area contributed by atoms with Crippen LogP contribution in [-0.2, 0) is 4.74 Å². The SMILES string of the molecule is COC(=O)c1cc(C)c(OC(=O)c2ccccc2Br)c(C)c1. The topological polar surface area (TPSA) is 52.6 Å². The van der Waals surface area contributed by atoms with Crippen LogP contribution in [0.2, 0.25) is 0 Å². The van der Waals surface area contributed by atoms with Crippen LogP contribution in [0.4, 0.5) is 0 Å². The maximum Gasteiger partial charge on any atom is 0.344 e. The Labute approximate surface area is 137 Å². The molecule has 0 heterocycles. The van der Waals surface area contributed by atoms with Crippen molar-refractivity contribution in [2.75, 3.05) is 7.11 Å². The van der Waals surface area contributed by atoms with Crippen LogP contribution in [0.5, 0.6) is 5.75 Å². The number of methoxy groups -OCH3 is 1. The Hall–Kier alpha value is -2.14. The predicted molar refractivity (Wildman–Crippen MR) is 86.4 cm³/mol. The summed E-state index contributed by atoms with van der Waals surface area (Å²) in [6.45, 7) is 3.56. The first kappa shape index (κ1) is 16.2. The van der Waals surface area contributed by atoms with Crippen molar-refractivity contribution in [2.24, 2.45) is 0 Å². The molecule has 0 atom stereocenters. The van der Waals surface area contributed by atoms with Gasteiger partial charge in [0.05, 0.1) is 18.2 Å². The lowest BCUT2D eigenvalue weighted by molar-refractivity contribution is 0.0600. The quantitative estimate of drug-likeness (QED) is 0.609. The van der Waals surface area contributed by atoms with Crippen molar-refractivity contribution in [1.29, 1.82) is 0 Å². The Kier molecular flexibility index (Phi) is 4.98. The second-order valence-electron chi connectivity index (χ2n) is 4.80. The molecule has 0 amide bonds. The summed E-state index contributed by atoms with van der Waals surface area (Å²) in [5, 5.41) is 0. The number of esters is 2. The van der Waals surface area contributed by atoms with Crippen molar-refractivity contribution in [3.05, 3.63) is 63.1 Å². The highest BCUT2D eigenvalue weighted by atomic mass is 79.9. The maximum atomic E-state index is 12.3. The minimum atomic E-state index is -0.454. The molecular weight excluding hydrogens is 348 g/mol. The van der Waals surface area contributed by atoms with E-state index in [1.54, 1.807) is 44.2 Å². The molecule has 0 saturated carbocycles. The van der Waals surface area contributed by atoms with Gasteiger partial charge in [-0.15, -0.1) is 0 Å². The smallest absolute Gasteiger partial charge is 0.344 e. The van der Waals surface area contributed by atoms with Crippen LogP contribution in [0.3, 0.4) is 0 Å². The van der Waals surface area contributed by atoms with E-state index in [9.17, 15) is 9.59 Å². The third kappa shape index (κ3) is 3.36. The molecule has 4 nitrogen and oxygen atoms in total. The Balaban J connectivity index is 2.33. The van der Waals surface area contributed by atoms with E-state index in [2.05, 4.69) is 15.9 Å². The molecule has 0 aliphatic heterocycles. The minimum Gasteiger partial charge on any atom is -0.465 e. The van der Waals surface area contributed by atoms with Gasteiger partial charge in [-0.1, -0.05) is 12.1 Å². The summed E-state index contributed by atoms with van der Waals surface area (Å²) in [6, 6.07) is 10.3. The molecule has 114 valence electrons. The molecule has 2 aromatic carbocycles. The fourth-order valence-electron chi connectivity index (χ4n) is 2.12.